The van der Waals surface area contributed by atoms with Crippen LogP contribution >= 0.6 is 0 Å². The number of hydrogen-bond acceptors (Lipinski definition) is 5. The molecule has 0 aliphatic carbocycles. The van der Waals surface area contributed by atoms with E-state index in [9.17, 15) is 17.6 Å². The van der Waals surface area contributed by atoms with Crippen LogP contribution in [0.15, 0.2) is 29.2 Å². The Morgan fingerprint density at radius 3 is 2.74 bits per heavy atom. The number of benzene rings is 1. The van der Waals surface area contributed by atoms with Gasteiger partial charge in [-0.25, -0.2) is 12.8 Å². The number of carbonyl (C=O) groups excluding carboxylic acids is 1. The lowest BCUT2D eigenvalue weighted by molar-refractivity contribution is -0.132. The van der Waals surface area contributed by atoms with Crippen molar-refractivity contribution in [3.05, 3.63) is 30.1 Å². The molecular formula is C18H26FN3O4S. The van der Waals surface area contributed by atoms with Gasteiger partial charge in [0.1, 0.15) is 5.82 Å². The van der Waals surface area contributed by atoms with Gasteiger partial charge in [-0.2, -0.15) is 4.31 Å². The number of carbonyl (C=O) groups is 1. The molecular weight excluding hydrogens is 373 g/mol. The fourth-order valence-electron chi connectivity index (χ4n) is 3.73. The van der Waals surface area contributed by atoms with Crippen LogP contribution in [0.25, 0.3) is 0 Å². The van der Waals surface area contributed by atoms with Crippen LogP contribution in [-0.2, 0) is 19.6 Å². The highest BCUT2D eigenvalue weighted by Gasteiger charge is 2.37. The second-order valence-electron chi connectivity index (χ2n) is 6.87. The number of ether oxygens (including phenoxy) is 1. The summed E-state index contributed by atoms with van der Waals surface area (Å²) in [5.41, 5.74) is 0. The minimum Gasteiger partial charge on any atom is -0.383 e. The molecule has 2 saturated heterocycles. The molecule has 2 aliphatic rings. The lowest BCUT2D eigenvalue weighted by atomic mass is 10.2. The molecule has 0 radical (unpaired) electrons. The van der Waals surface area contributed by atoms with Gasteiger partial charge in [0.15, 0.2) is 0 Å². The summed E-state index contributed by atoms with van der Waals surface area (Å²) in [6.45, 7) is 3.61. The zero-order valence-corrected chi connectivity index (χ0v) is 16.3. The first-order chi connectivity index (χ1) is 12.9. The average molecular weight is 399 g/mol. The molecule has 150 valence electrons. The third kappa shape index (κ3) is 4.48. The van der Waals surface area contributed by atoms with E-state index in [0.717, 1.165) is 12.5 Å². The molecule has 0 saturated carbocycles. The molecule has 1 amide bonds. The smallest absolute Gasteiger partial charge is 0.243 e. The van der Waals surface area contributed by atoms with Crippen LogP contribution in [0.1, 0.15) is 12.8 Å². The SMILES string of the molecule is COCCN1CC[C@@H](N2CCCN(S(=O)(=O)c3cccc(F)c3)CC2)C1=O. The lowest BCUT2D eigenvalue weighted by Gasteiger charge is -2.26. The normalized spacial score (nSPS) is 23.0. The summed E-state index contributed by atoms with van der Waals surface area (Å²) in [6.07, 6.45) is 1.38. The van der Waals surface area contributed by atoms with E-state index in [-0.39, 0.29) is 16.8 Å². The highest BCUT2D eigenvalue weighted by molar-refractivity contribution is 7.89. The van der Waals surface area contributed by atoms with E-state index >= 15 is 0 Å². The monoisotopic (exact) mass is 399 g/mol. The van der Waals surface area contributed by atoms with E-state index in [2.05, 4.69) is 4.90 Å². The van der Waals surface area contributed by atoms with Gasteiger partial charge >= 0.3 is 0 Å². The molecule has 0 spiro atoms. The Morgan fingerprint density at radius 2 is 2.00 bits per heavy atom. The van der Waals surface area contributed by atoms with Gasteiger partial charge in [0, 0.05) is 46.4 Å². The Morgan fingerprint density at radius 1 is 1.19 bits per heavy atom. The Hall–Kier alpha value is -1.55. The summed E-state index contributed by atoms with van der Waals surface area (Å²) in [4.78, 5) is 16.5. The van der Waals surface area contributed by atoms with Crippen molar-refractivity contribution in [1.29, 1.82) is 0 Å². The van der Waals surface area contributed by atoms with E-state index in [1.165, 1.54) is 22.5 Å². The third-order valence-corrected chi connectivity index (χ3v) is 7.09. The van der Waals surface area contributed by atoms with E-state index in [4.69, 9.17) is 4.74 Å². The highest BCUT2D eigenvalue weighted by Crippen LogP contribution is 2.22. The first-order valence-electron chi connectivity index (χ1n) is 9.21. The Labute approximate surface area is 159 Å². The fraction of sp³-hybridized carbons (Fsp3) is 0.611. The lowest BCUT2D eigenvalue weighted by Crippen LogP contribution is -2.44. The molecule has 27 heavy (non-hydrogen) atoms. The number of rotatable bonds is 6. The molecule has 0 unspecified atom stereocenters. The number of sulfonamides is 1. The van der Waals surface area contributed by atoms with E-state index in [1.54, 1.807) is 12.0 Å². The van der Waals surface area contributed by atoms with Crippen molar-refractivity contribution < 1.29 is 22.3 Å². The van der Waals surface area contributed by atoms with Crippen LogP contribution in [0.5, 0.6) is 0 Å². The van der Waals surface area contributed by atoms with Crippen LogP contribution in [0.4, 0.5) is 4.39 Å². The van der Waals surface area contributed by atoms with E-state index in [0.29, 0.717) is 52.3 Å². The van der Waals surface area contributed by atoms with Crippen LogP contribution in [0.2, 0.25) is 0 Å². The first kappa shape index (κ1) is 20.2. The second kappa shape index (κ2) is 8.64. The molecule has 2 heterocycles. The number of halogens is 1. The second-order valence-corrected chi connectivity index (χ2v) is 8.81. The zero-order chi connectivity index (χ0) is 19.4. The summed E-state index contributed by atoms with van der Waals surface area (Å²) >= 11 is 0. The molecule has 0 aromatic heterocycles. The molecule has 1 atom stereocenters. The minimum atomic E-state index is -3.74. The van der Waals surface area contributed by atoms with Crippen LogP contribution in [0.3, 0.4) is 0 Å². The van der Waals surface area contributed by atoms with Gasteiger partial charge in [-0.1, -0.05) is 6.07 Å². The number of hydrogen-bond donors (Lipinski definition) is 0. The standard InChI is InChI=1S/C18H26FN3O4S/c1-26-13-12-21-9-6-17(18(21)23)20-7-3-8-22(11-10-20)27(24,25)16-5-2-4-15(19)14-16/h2,4-5,14,17H,3,6-13H2,1H3/t17-/m1/s1. The predicted molar refractivity (Wildman–Crippen MR) is 98.2 cm³/mol. The van der Waals surface area contributed by atoms with Gasteiger partial charge in [-0.05, 0) is 31.0 Å². The first-order valence-corrected chi connectivity index (χ1v) is 10.6. The maximum absolute atomic E-state index is 13.4. The van der Waals surface area contributed by atoms with Crippen LogP contribution in [-0.4, -0.2) is 87.5 Å². The summed E-state index contributed by atoms with van der Waals surface area (Å²) in [5, 5.41) is 0. The van der Waals surface area contributed by atoms with Gasteiger partial charge < -0.3 is 9.64 Å². The fourth-order valence-corrected chi connectivity index (χ4v) is 5.23. The largest absolute Gasteiger partial charge is 0.383 e. The topological polar surface area (TPSA) is 70.2 Å². The van der Waals surface area contributed by atoms with Crippen molar-refractivity contribution in [2.24, 2.45) is 0 Å². The van der Waals surface area contributed by atoms with Crippen molar-refractivity contribution in [2.45, 2.75) is 23.8 Å². The van der Waals surface area contributed by atoms with Crippen LogP contribution in [0, 0.1) is 5.82 Å². The van der Waals surface area contributed by atoms with Gasteiger partial charge in [0.25, 0.3) is 0 Å². The molecule has 2 fully saturated rings. The van der Waals surface area contributed by atoms with Crippen LogP contribution < -0.4 is 0 Å². The van der Waals surface area contributed by atoms with Gasteiger partial charge in [0.05, 0.1) is 17.5 Å². The Balaban J connectivity index is 1.65. The predicted octanol–water partition coefficient (Wildman–Crippen LogP) is 0.769. The van der Waals surface area contributed by atoms with Crippen molar-refractivity contribution in [1.82, 2.24) is 14.1 Å². The molecule has 0 N–H and O–H groups in total. The minimum absolute atomic E-state index is 0.0290. The molecule has 2 aliphatic heterocycles. The summed E-state index contributed by atoms with van der Waals surface area (Å²) < 4.78 is 45.5. The number of nitrogens with zero attached hydrogens (tertiary/aromatic N) is 3. The quantitative estimate of drug-likeness (QED) is 0.707. The zero-order valence-electron chi connectivity index (χ0n) is 15.5. The molecule has 0 bridgehead atoms. The molecule has 9 heteroatoms. The number of likely N-dealkylation sites (tertiary alicyclic amines) is 1. The maximum atomic E-state index is 13.4. The molecule has 3 rings (SSSR count). The van der Waals surface area contributed by atoms with Crippen molar-refractivity contribution >= 4 is 15.9 Å². The number of amides is 1. The van der Waals surface area contributed by atoms with Gasteiger partial charge in [-0.3, -0.25) is 9.69 Å². The van der Waals surface area contributed by atoms with Gasteiger partial charge in [-0.15, -0.1) is 0 Å². The Kier molecular flexibility index (Phi) is 6.46. The van der Waals surface area contributed by atoms with Crippen molar-refractivity contribution in [2.75, 3.05) is 53.0 Å². The van der Waals surface area contributed by atoms with Gasteiger partial charge in [0.2, 0.25) is 15.9 Å². The third-order valence-electron chi connectivity index (χ3n) is 5.20. The maximum Gasteiger partial charge on any atom is 0.243 e. The van der Waals surface area contributed by atoms with Crippen molar-refractivity contribution in [3.8, 4) is 0 Å². The summed E-state index contributed by atoms with van der Waals surface area (Å²) in [5.74, 6) is -0.478. The number of methoxy groups -OCH3 is 1. The molecule has 1 aromatic carbocycles. The van der Waals surface area contributed by atoms with E-state index in [1.807, 2.05) is 0 Å². The van der Waals surface area contributed by atoms with Crippen molar-refractivity contribution in [3.63, 3.8) is 0 Å². The Bertz CT molecular complexity index is 774. The van der Waals surface area contributed by atoms with E-state index < -0.39 is 15.8 Å². The molecule has 1 aromatic rings. The summed E-state index contributed by atoms with van der Waals surface area (Å²) in [7, 11) is -2.12. The summed E-state index contributed by atoms with van der Waals surface area (Å²) in [6, 6.07) is 4.89. The molecule has 7 nitrogen and oxygen atoms in total. The average Bonchev–Trinajstić information content (AvgIpc) is 2.85. The highest BCUT2D eigenvalue weighted by atomic mass is 32.2.